The summed E-state index contributed by atoms with van der Waals surface area (Å²) in [6, 6.07) is 1.87. The average molecular weight is 238 g/mol. The minimum atomic E-state index is 0.0578. The lowest BCUT2D eigenvalue weighted by Gasteiger charge is -2.15. The Kier molecular flexibility index (Phi) is 3.36. The highest BCUT2D eigenvalue weighted by molar-refractivity contribution is 7.80. The predicted molar refractivity (Wildman–Crippen MR) is 64.7 cm³/mol. The van der Waals surface area contributed by atoms with Gasteiger partial charge in [0.15, 0.2) is 0 Å². The van der Waals surface area contributed by atoms with Gasteiger partial charge in [-0.05, 0) is 18.6 Å². The molecular formula is C11H14N2O2S. The lowest BCUT2D eigenvalue weighted by molar-refractivity contribution is 0.138. The van der Waals surface area contributed by atoms with Crippen LogP contribution in [-0.4, -0.2) is 29.3 Å². The van der Waals surface area contributed by atoms with E-state index in [2.05, 4.69) is 4.98 Å². The SMILES string of the molecule is Cc1ccnc(OC2CCOC2)c1C(N)=S. The largest absolute Gasteiger partial charge is 0.471 e. The Hall–Kier alpha value is -1.20. The minimum absolute atomic E-state index is 0.0578. The summed E-state index contributed by atoms with van der Waals surface area (Å²) in [5, 5.41) is 0. The van der Waals surface area contributed by atoms with Crippen molar-refractivity contribution in [3.8, 4) is 5.88 Å². The van der Waals surface area contributed by atoms with Crippen LogP contribution >= 0.6 is 12.2 Å². The van der Waals surface area contributed by atoms with E-state index in [-0.39, 0.29) is 6.10 Å². The molecule has 86 valence electrons. The molecule has 0 saturated carbocycles. The van der Waals surface area contributed by atoms with Crippen LogP contribution in [0.5, 0.6) is 5.88 Å². The summed E-state index contributed by atoms with van der Waals surface area (Å²) in [5.74, 6) is 0.517. The van der Waals surface area contributed by atoms with Crippen molar-refractivity contribution in [2.75, 3.05) is 13.2 Å². The van der Waals surface area contributed by atoms with Gasteiger partial charge in [-0.1, -0.05) is 12.2 Å². The molecule has 2 N–H and O–H groups in total. The standard InChI is InChI=1S/C11H14N2O2S/c1-7-2-4-13-11(9(7)10(12)16)15-8-3-5-14-6-8/h2,4,8H,3,5-6H2,1H3,(H2,12,16). The Balaban J connectivity index is 2.25. The first-order valence-corrected chi connectivity index (χ1v) is 5.59. The number of nitrogens with two attached hydrogens (primary N) is 1. The van der Waals surface area contributed by atoms with Crippen LogP contribution in [0.3, 0.4) is 0 Å². The Morgan fingerprint density at radius 1 is 1.69 bits per heavy atom. The molecule has 4 nitrogen and oxygen atoms in total. The molecule has 0 aliphatic carbocycles. The summed E-state index contributed by atoms with van der Waals surface area (Å²) in [7, 11) is 0. The molecule has 0 aromatic carbocycles. The maximum absolute atomic E-state index is 5.74. The fraction of sp³-hybridized carbons (Fsp3) is 0.455. The molecule has 2 heterocycles. The highest BCUT2D eigenvalue weighted by Gasteiger charge is 2.20. The predicted octanol–water partition coefficient (Wildman–Crippen LogP) is 1.19. The lowest BCUT2D eigenvalue weighted by Crippen LogP contribution is -2.21. The molecule has 5 heteroatoms. The number of hydrogen-bond acceptors (Lipinski definition) is 4. The summed E-state index contributed by atoms with van der Waals surface area (Å²) in [6.45, 7) is 3.28. The van der Waals surface area contributed by atoms with Gasteiger partial charge in [0.2, 0.25) is 5.88 Å². The van der Waals surface area contributed by atoms with E-state index in [1.807, 2.05) is 13.0 Å². The molecule has 2 rings (SSSR count). The van der Waals surface area contributed by atoms with Crippen molar-refractivity contribution in [1.29, 1.82) is 0 Å². The molecule has 0 spiro atoms. The van der Waals surface area contributed by atoms with Crippen LogP contribution in [0.2, 0.25) is 0 Å². The van der Waals surface area contributed by atoms with Crippen molar-refractivity contribution >= 4 is 17.2 Å². The van der Waals surface area contributed by atoms with Gasteiger partial charge in [0.05, 0.1) is 18.8 Å². The maximum Gasteiger partial charge on any atom is 0.224 e. The molecule has 1 aromatic heterocycles. The summed E-state index contributed by atoms with van der Waals surface area (Å²) < 4.78 is 11.0. The first kappa shape index (κ1) is 11.3. The van der Waals surface area contributed by atoms with E-state index in [0.717, 1.165) is 24.2 Å². The number of thiocarbonyl (C=S) groups is 1. The molecule has 0 amide bonds. The van der Waals surface area contributed by atoms with Crippen LogP contribution in [0.1, 0.15) is 17.5 Å². The van der Waals surface area contributed by atoms with E-state index >= 15 is 0 Å². The zero-order valence-electron chi connectivity index (χ0n) is 9.10. The number of nitrogens with zero attached hydrogens (tertiary/aromatic N) is 1. The van der Waals surface area contributed by atoms with Gasteiger partial charge in [0.1, 0.15) is 11.1 Å². The van der Waals surface area contributed by atoms with Gasteiger partial charge in [-0.25, -0.2) is 4.98 Å². The normalized spacial score (nSPS) is 19.7. The topological polar surface area (TPSA) is 57.4 Å². The number of hydrogen-bond donors (Lipinski definition) is 1. The quantitative estimate of drug-likeness (QED) is 0.802. The van der Waals surface area contributed by atoms with E-state index in [9.17, 15) is 0 Å². The molecule has 1 atom stereocenters. The van der Waals surface area contributed by atoms with Gasteiger partial charge >= 0.3 is 0 Å². The van der Waals surface area contributed by atoms with Crippen molar-refractivity contribution in [3.05, 3.63) is 23.4 Å². The summed E-state index contributed by atoms with van der Waals surface area (Å²) >= 11 is 5.00. The van der Waals surface area contributed by atoms with Gasteiger partial charge < -0.3 is 15.2 Å². The highest BCUT2D eigenvalue weighted by atomic mass is 32.1. The van der Waals surface area contributed by atoms with Crippen molar-refractivity contribution < 1.29 is 9.47 Å². The minimum Gasteiger partial charge on any atom is -0.471 e. The monoisotopic (exact) mass is 238 g/mol. The van der Waals surface area contributed by atoms with Crippen molar-refractivity contribution in [1.82, 2.24) is 4.98 Å². The van der Waals surface area contributed by atoms with E-state index in [0.29, 0.717) is 17.5 Å². The summed E-state index contributed by atoms with van der Waals surface area (Å²) in [5.41, 5.74) is 7.38. The molecular weight excluding hydrogens is 224 g/mol. The van der Waals surface area contributed by atoms with Gasteiger partial charge in [-0.3, -0.25) is 0 Å². The second-order valence-corrected chi connectivity index (χ2v) is 4.22. The van der Waals surface area contributed by atoms with Crippen LogP contribution < -0.4 is 10.5 Å². The third kappa shape index (κ3) is 2.31. The molecule has 1 unspecified atom stereocenters. The molecule has 1 aliphatic rings. The number of pyridine rings is 1. The van der Waals surface area contributed by atoms with Crippen LogP contribution in [0.4, 0.5) is 0 Å². The van der Waals surface area contributed by atoms with E-state index in [4.69, 9.17) is 27.4 Å². The van der Waals surface area contributed by atoms with Crippen molar-refractivity contribution in [3.63, 3.8) is 0 Å². The van der Waals surface area contributed by atoms with E-state index in [1.165, 1.54) is 0 Å². The van der Waals surface area contributed by atoms with Crippen LogP contribution in [0.25, 0.3) is 0 Å². The average Bonchev–Trinajstić information content (AvgIpc) is 2.70. The summed E-state index contributed by atoms with van der Waals surface area (Å²) in [4.78, 5) is 4.50. The van der Waals surface area contributed by atoms with Gasteiger partial charge in [-0.15, -0.1) is 0 Å². The Morgan fingerprint density at radius 2 is 2.50 bits per heavy atom. The molecule has 0 bridgehead atoms. The third-order valence-electron chi connectivity index (χ3n) is 2.54. The van der Waals surface area contributed by atoms with E-state index in [1.54, 1.807) is 6.20 Å². The maximum atomic E-state index is 5.74. The Bertz CT molecular complexity index is 403. The number of ether oxygens (including phenoxy) is 2. The molecule has 1 fully saturated rings. The highest BCUT2D eigenvalue weighted by Crippen LogP contribution is 2.22. The smallest absolute Gasteiger partial charge is 0.224 e. The van der Waals surface area contributed by atoms with Crippen LogP contribution in [-0.2, 0) is 4.74 Å². The second-order valence-electron chi connectivity index (χ2n) is 3.78. The van der Waals surface area contributed by atoms with Gasteiger partial charge in [-0.2, -0.15) is 0 Å². The van der Waals surface area contributed by atoms with Crippen LogP contribution in [0.15, 0.2) is 12.3 Å². The zero-order chi connectivity index (χ0) is 11.5. The third-order valence-corrected chi connectivity index (χ3v) is 2.74. The van der Waals surface area contributed by atoms with Crippen molar-refractivity contribution in [2.45, 2.75) is 19.4 Å². The molecule has 1 aliphatic heterocycles. The number of rotatable bonds is 3. The van der Waals surface area contributed by atoms with Gasteiger partial charge in [0, 0.05) is 12.6 Å². The van der Waals surface area contributed by atoms with E-state index < -0.39 is 0 Å². The molecule has 1 saturated heterocycles. The molecule has 1 aromatic rings. The number of aromatic nitrogens is 1. The lowest BCUT2D eigenvalue weighted by atomic mass is 10.1. The molecule has 16 heavy (non-hydrogen) atoms. The second kappa shape index (κ2) is 4.76. The zero-order valence-corrected chi connectivity index (χ0v) is 9.92. The first-order valence-electron chi connectivity index (χ1n) is 5.18. The Labute approximate surface area is 99.8 Å². The van der Waals surface area contributed by atoms with Crippen LogP contribution in [0, 0.1) is 6.92 Å². The fourth-order valence-electron chi connectivity index (χ4n) is 1.69. The Morgan fingerprint density at radius 3 is 3.12 bits per heavy atom. The van der Waals surface area contributed by atoms with Gasteiger partial charge in [0.25, 0.3) is 0 Å². The molecule has 0 radical (unpaired) electrons. The first-order chi connectivity index (χ1) is 7.68. The number of aryl methyl sites for hydroxylation is 1. The fourth-order valence-corrected chi connectivity index (χ4v) is 1.93. The van der Waals surface area contributed by atoms with Crippen molar-refractivity contribution in [2.24, 2.45) is 5.73 Å². The summed E-state index contributed by atoms with van der Waals surface area (Å²) in [6.07, 6.45) is 2.64.